The maximum absolute atomic E-state index is 11.7. The summed E-state index contributed by atoms with van der Waals surface area (Å²) in [5.41, 5.74) is -0.457. The van der Waals surface area contributed by atoms with Crippen molar-refractivity contribution < 1.29 is 13.6 Å². The van der Waals surface area contributed by atoms with Gasteiger partial charge in [0.05, 0.1) is 17.9 Å². The minimum Gasteiger partial charge on any atom is -0.302 e. The second kappa shape index (κ2) is 3.30. The Bertz CT molecular complexity index is 217. The van der Waals surface area contributed by atoms with E-state index in [4.69, 9.17) is 20.6 Å². The van der Waals surface area contributed by atoms with Crippen LogP contribution in [-0.4, -0.2) is 23.7 Å². The van der Waals surface area contributed by atoms with Crippen LogP contribution in [0.5, 0.6) is 0 Å². The maximum atomic E-state index is 11.7. The molecule has 0 amide bonds. The van der Waals surface area contributed by atoms with Gasteiger partial charge >= 0.3 is 7.60 Å². The van der Waals surface area contributed by atoms with Gasteiger partial charge in [0.25, 0.3) is 0 Å². The van der Waals surface area contributed by atoms with E-state index in [2.05, 4.69) is 0 Å². The Kier molecular flexibility index (Phi) is 2.89. The van der Waals surface area contributed by atoms with Crippen LogP contribution in [0.1, 0.15) is 20.8 Å². The molecule has 0 bridgehead atoms. The highest BCUT2D eigenvalue weighted by atomic mass is 35.5. The Morgan fingerprint density at radius 3 is 2.50 bits per heavy atom. The van der Waals surface area contributed by atoms with Crippen LogP contribution in [-0.2, 0) is 13.6 Å². The van der Waals surface area contributed by atoms with E-state index in [1.807, 2.05) is 20.8 Å². The van der Waals surface area contributed by atoms with Crippen LogP contribution in [0.25, 0.3) is 0 Å². The van der Waals surface area contributed by atoms with Crippen molar-refractivity contribution in [2.75, 3.05) is 12.0 Å². The first-order valence-electron chi connectivity index (χ1n) is 3.94. The second-order valence-electron chi connectivity index (χ2n) is 3.47. The molecule has 0 spiro atoms. The highest BCUT2D eigenvalue weighted by molar-refractivity contribution is 7.54. The average molecular weight is 213 g/mol. The molecule has 0 saturated carbocycles. The van der Waals surface area contributed by atoms with E-state index in [0.29, 0.717) is 12.0 Å². The lowest BCUT2D eigenvalue weighted by atomic mass is 10.0. The smallest absolute Gasteiger partial charge is 0.302 e. The van der Waals surface area contributed by atoms with Crippen molar-refractivity contribution >= 4 is 19.2 Å². The third-order valence-corrected chi connectivity index (χ3v) is 4.64. The average Bonchev–Trinajstić information content (AvgIpc) is 2.02. The molecule has 1 aliphatic rings. The second-order valence-corrected chi connectivity index (χ2v) is 5.91. The molecule has 0 radical (unpaired) electrons. The number of hydrogen-bond donors (Lipinski definition) is 0. The van der Waals surface area contributed by atoms with Gasteiger partial charge < -0.3 is 4.52 Å². The fourth-order valence-electron chi connectivity index (χ4n) is 1.02. The molecule has 0 unspecified atom stereocenters. The summed E-state index contributed by atoms with van der Waals surface area (Å²) in [5, 5.41) is 0. The van der Waals surface area contributed by atoms with Gasteiger partial charge in [-0.1, -0.05) is 0 Å². The molecule has 0 aromatic heterocycles. The molecule has 1 saturated heterocycles. The molecule has 0 aromatic carbocycles. The zero-order valence-corrected chi connectivity index (χ0v) is 9.19. The van der Waals surface area contributed by atoms with Gasteiger partial charge in [-0.05, 0) is 20.8 Å². The lowest BCUT2D eigenvalue weighted by Crippen LogP contribution is -2.29. The molecule has 1 rings (SSSR count). The highest BCUT2D eigenvalue weighted by Crippen LogP contribution is 2.59. The molecular weight excluding hydrogens is 199 g/mol. The fourth-order valence-corrected chi connectivity index (χ4v) is 3.69. The molecular formula is C7H14ClO3P. The van der Waals surface area contributed by atoms with Gasteiger partial charge in [-0.15, -0.1) is 11.6 Å². The summed E-state index contributed by atoms with van der Waals surface area (Å²) in [6.45, 7) is 5.59. The molecule has 0 N–H and O–H groups in total. The van der Waals surface area contributed by atoms with Crippen LogP contribution in [0, 0.1) is 0 Å². The summed E-state index contributed by atoms with van der Waals surface area (Å²) in [5.74, 6) is 0.306. The SMILES string of the molecule is C[C@@H]1O[P@@](=O)(CCCl)OC1(C)C. The predicted octanol–water partition coefficient (Wildman–Crippen LogP) is 2.63. The van der Waals surface area contributed by atoms with Crippen molar-refractivity contribution in [3.63, 3.8) is 0 Å². The number of alkyl halides is 1. The molecule has 12 heavy (non-hydrogen) atoms. The Labute approximate surface area is 77.9 Å². The van der Waals surface area contributed by atoms with Gasteiger partial charge in [-0.3, -0.25) is 9.09 Å². The maximum Gasteiger partial charge on any atom is 0.332 e. The van der Waals surface area contributed by atoms with Crippen molar-refractivity contribution in [1.29, 1.82) is 0 Å². The van der Waals surface area contributed by atoms with Crippen LogP contribution < -0.4 is 0 Å². The minimum atomic E-state index is -2.88. The van der Waals surface area contributed by atoms with E-state index < -0.39 is 13.2 Å². The molecule has 0 aliphatic carbocycles. The summed E-state index contributed by atoms with van der Waals surface area (Å²) >= 11 is 5.48. The van der Waals surface area contributed by atoms with Crippen LogP contribution in [0.15, 0.2) is 0 Å². The summed E-state index contributed by atoms with van der Waals surface area (Å²) in [6, 6.07) is 0. The summed E-state index contributed by atoms with van der Waals surface area (Å²) < 4.78 is 22.3. The van der Waals surface area contributed by atoms with Gasteiger partial charge in [-0.25, -0.2) is 0 Å². The van der Waals surface area contributed by atoms with E-state index >= 15 is 0 Å². The van der Waals surface area contributed by atoms with Crippen LogP contribution in [0.3, 0.4) is 0 Å². The van der Waals surface area contributed by atoms with E-state index in [1.165, 1.54) is 0 Å². The van der Waals surface area contributed by atoms with E-state index in [9.17, 15) is 4.57 Å². The van der Waals surface area contributed by atoms with E-state index in [1.54, 1.807) is 0 Å². The Hall–Kier alpha value is 0.440. The Morgan fingerprint density at radius 2 is 2.17 bits per heavy atom. The van der Waals surface area contributed by atoms with Gasteiger partial charge in [0.2, 0.25) is 0 Å². The standard InChI is InChI=1S/C7H14ClO3P/c1-6-7(2,3)11-12(9,10-6)5-4-8/h6H,4-5H2,1-3H3/t6-,12-/m0/s1. The molecule has 3 nitrogen and oxygen atoms in total. The zero-order valence-electron chi connectivity index (χ0n) is 7.54. The lowest BCUT2D eigenvalue weighted by molar-refractivity contribution is 0.0845. The Balaban J connectivity index is 2.71. The Morgan fingerprint density at radius 1 is 1.58 bits per heavy atom. The lowest BCUT2D eigenvalue weighted by Gasteiger charge is -2.18. The summed E-state index contributed by atoms with van der Waals surface area (Å²) in [7, 11) is -2.88. The first kappa shape index (κ1) is 10.5. The van der Waals surface area contributed by atoms with Crippen LogP contribution >= 0.6 is 19.2 Å². The van der Waals surface area contributed by atoms with E-state index in [-0.39, 0.29) is 6.10 Å². The molecule has 0 aromatic rings. The molecule has 1 heterocycles. The molecule has 1 aliphatic heterocycles. The van der Waals surface area contributed by atoms with Crippen molar-refractivity contribution in [3.8, 4) is 0 Å². The van der Waals surface area contributed by atoms with Crippen molar-refractivity contribution in [1.82, 2.24) is 0 Å². The third kappa shape index (κ3) is 2.02. The molecule has 2 atom stereocenters. The van der Waals surface area contributed by atoms with Gasteiger partial charge in [-0.2, -0.15) is 0 Å². The van der Waals surface area contributed by atoms with Crippen LogP contribution in [0.4, 0.5) is 0 Å². The van der Waals surface area contributed by atoms with Gasteiger partial charge in [0, 0.05) is 5.88 Å². The van der Waals surface area contributed by atoms with Crippen LogP contribution in [0.2, 0.25) is 0 Å². The monoisotopic (exact) mass is 212 g/mol. The number of rotatable bonds is 2. The van der Waals surface area contributed by atoms with Crippen molar-refractivity contribution in [3.05, 3.63) is 0 Å². The highest BCUT2D eigenvalue weighted by Gasteiger charge is 2.46. The molecule has 5 heteroatoms. The normalized spacial score (nSPS) is 40.2. The van der Waals surface area contributed by atoms with Gasteiger partial charge in [0.1, 0.15) is 0 Å². The topological polar surface area (TPSA) is 35.5 Å². The quantitative estimate of drug-likeness (QED) is 0.522. The minimum absolute atomic E-state index is 0.133. The van der Waals surface area contributed by atoms with Gasteiger partial charge in [0.15, 0.2) is 0 Å². The molecule has 72 valence electrons. The fraction of sp³-hybridized carbons (Fsp3) is 1.00. The van der Waals surface area contributed by atoms with Crippen molar-refractivity contribution in [2.24, 2.45) is 0 Å². The largest absolute Gasteiger partial charge is 0.332 e. The number of halogens is 1. The summed E-state index contributed by atoms with van der Waals surface area (Å²) in [4.78, 5) is 0. The first-order chi connectivity index (χ1) is 5.40. The zero-order chi connectivity index (χ0) is 9.41. The number of hydrogen-bond acceptors (Lipinski definition) is 3. The van der Waals surface area contributed by atoms with E-state index in [0.717, 1.165) is 0 Å². The molecule has 1 fully saturated rings. The van der Waals surface area contributed by atoms with Crippen molar-refractivity contribution in [2.45, 2.75) is 32.5 Å². The summed E-state index contributed by atoms with van der Waals surface area (Å²) in [6.07, 6.45) is 0.161. The first-order valence-corrected chi connectivity index (χ1v) is 6.20. The third-order valence-electron chi connectivity index (χ3n) is 2.03. The predicted molar refractivity (Wildman–Crippen MR) is 48.9 cm³/mol.